The van der Waals surface area contributed by atoms with Crippen molar-refractivity contribution in [1.29, 1.82) is 0 Å². The molecule has 0 aliphatic heterocycles. The first-order valence-corrected chi connectivity index (χ1v) is 13.5. The summed E-state index contributed by atoms with van der Waals surface area (Å²) in [6.07, 6.45) is 0. The summed E-state index contributed by atoms with van der Waals surface area (Å²) >= 11 is 6.10. The third-order valence-corrected chi connectivity index (χ3v) is 6.74. The van der Waals surface area contributed by atoms with Gasteiger partial charge in [0.05, 0.1) is 17.2 Å². The van der Waals surface area contributed by atoms with Crippen LogP contribution < -0.4 is 24.2 Å². The number of hydrogen-bond donors (Lipinski definition) is 2. The summed E-state index contributed by atoms with van der Waals surface area (Å²) in [5.74, 6) is 1.56. The van der Waals surface area contributed by atoms with Gasteiger partial charge in [-0.1, -0.05) is 29.8 Å². The Morgan fingerprint density at radius 1 is 0.816 bits per heavy atom. The second kappa shape index (κ2) is 12.4. The average molecular weight is 553 g/mol. The van der Waals surface area contributed by atoms with Gasteiger partial charge in [0.25, 0.3) is 15.9 Å². The van der Waals surface area contributed by atoms with Crippen LogP contribution in [-0.2, 0) is 14.8 Å². The Morgan fingerprint density at radius 2 is 1.47 bits per heavy atom. The van der Waals surface area contributed by atoms with Crippen molar-refractivity contribution in [2.24, 2.45) is 0 Å². The number of halogens is 1. The molecule has 0 aliphatic rings. The van der Waals surface area contributed by atoms with E-state index in [-0.39, 0.29) is 11.5 Å². The van der Waals surface area contributed by atoms with Gasteiger partial charge in [0.15, 0.2) is 12.4 Å². The van der Waals surface area contributed by atoms with Gasteiger partial charge in [0.2, 0.25) is 0 Å². The molecule has 0 bridgehead atoms. The fourth-order valence-electron chi connectivity index (χ4n) is 3.35. The van der Waals surface area contributed by atoms with Gasteiger partial charge in [0.1, 0.15) is 17.2 Å². The number of hydrogen-bond acceptors (Lipinski definition) is 6. The molecular formula is C28H25ClN2O6S. The average Bonchev–Trinajstić information content (AvgIpc) is 2.91. The first-order valence-electron chi connectivity index (χ1n) is 11.6. The zero-order valence-electron chi connectivity index (χ0n) is 20.4. The van der Waals surface area contributed by atoms with Crippen LogP contribution in [0.15, 0.2) is 102 Å². The summed E-state index contributed by atoms with van der Waals surface area (Å²) < 4.78 is 44.7. The molecule has 0 spiro atoms. The van der Waals surface area contributed by atoms with E-state index in [9.17, 15) is 13.2 Å². The summed E-state index contributed by atoms with van der Waals surface area (Å²) in [7, 11) is -3.81. The molecule has 196 valence electrons. The van der Waals surface area contributed by atoms with Crippen molar-refractivity contribution in [2.45, 2.75) is 11.8 Å². The molecule has 0 aliphatic carbocycles. The van der Waals surface area contributed by atoms with Crippen LogP contribution in [0, 0.1) is 0 Å². The molecule has 4 aromatic rings. The maximum atomic E-state index is 12.7. The van der Waals surface area contributed by atoms with E-state index < -0.39 is 15.9 Å². The maximum absolute atomic E-state index is 12.7. The van der Waals surface area contributed by atoms with Crippen molar-refractivity contribution in [3.63, 3.8) is 0 Å². The number of nitrogens with one attached hydrogen (secondary N) is 2. The van der Waals surface area contributed by atoms with Gasteiger partial charge < -0.3 is 19.5 Å². The van der Waals surface area contributed by atoms with Crippen LogP contribution in [0.4, 0.5) is 11.4 Å². The standard InChI is InChI=1S/C28H25ClN2O6S/c1-2-35-22-11-9-21(10-12-22)31-38(33,34)25-15-13-23(14-16-25)36-19-28(32)30-26-18-20(29)8-17-27(26)37-24-6-4-3-5-7-24/h3-18,31H,2,19H2,1H3,(H,30,32). The third kappa shape index (κ3) is 7.41. The highest BCUT2D eigenvalue weighted by Crippen LogP contribution is 2.32. The number of amides is 1. The summed E-state index contributed by atoms with van der Waals surface area (Å²) in [5.41, 5.74) is 0.791. The number of carbonyl (C=O) groups excluding carboxylic acids is 1. The largest absolute Gasteiger partial charge is 0.494 e. The molecule has 0 unspecified atom stereocenters. The minimum Gasteiger partial charge on any atom is -0.494 e. The molecule has 1 amide bonds. The van der Waals surface area contributed by atoms with Crippen molar-refractivity contribution in [2.75, 3.05) is 23.3 Å². The van der Waals surface area contributed by atoms with Crippen LogP contribution in [0.3, 0.4) is 0 Å². The monoisotopic (exact) mass is 552 g/mol. The van der Waals surface area contributed by atoms with Crippen LogP contribution >= 0.6 is 11.6 Å². The van der Waals surface area contributed by atoms with Gasteiger partial charge >= 0.3 is 0 Å². The first-order chi connectivity index (χ1) is 18.3. The number of ether oxygens (including phenoxy) is 3. The maximum Gasteiger partial charge on any atom is 0.262 e. The van der Waals surface area contributed by atoms with Gasteiger partial charge in [-0.05, 0) is 85.8 Å². The molecule has 0 radical (unpaired) electrons. The van der Waals surface area contributed by atoms with Crippen molar-refractivity contribution < 1.29 is 27.4 Å². The number of para-hydroxylation sites is 1. The Kier molecular flexibility index (Phi) is 8.73. The lowest BCUT2D eigenvalue weighted by atomic mass is 10.2. The normalized spacial score (nSPS) is 10.9. The Morgan fingerprint density at radius 3 is 2.16 bits per heavy atom. The van der Waals surface area contributed by atoms with Crippen LogP contribution in [0.5, 0.6) is 23.0 Å². The Hall–Kier alpha value is -4.21. The SMILES string of the molecule is CCOc1ccc(NS(=O)(=O)c2ccc(OCC(=O)Nc3cc(Cl)ccc3Oc3ccccc3)cc2)cc1. The predicted molar refractivity (Wildman–Crippen MR) is 147 cm³/mol. The number of carbonyl (C=O) groups is 1. The topological polar surface area (TPSA) is 103 Å². The molecule has 0 atom stereocenters. The van der Waals surface area contributed by atoms with Crippen molar-refractivity contribution in [3.8, 4) is 23.0 Å². The molecule has 4 rings (SSSR count). The Labute approximate surface area is 226 Å². The van der Waals surface area contributed by atoms with Gasteiger partial charge in [-0.2, -0.15) is 0 Å². The van der Waals surface area contributed by atoms with E-state index in [0.29, 0.717) is 46.0 Å². The van der Waals surface area contributed by atoms with Gasteiger partial charge in [-0.25, -0.2) is 8.42 Å². The predicted octanol–water partition coefficient (Wildman–Crippen LogP) is 6.35. The Bertz CT molecular complexity index is 1480. The molecule has 0 fully saturated rings. The summed E-state index contributed by atoms with van der Waals surface area (Å²) in [6.45, 7) is 2.08. The number of anilines is 2. The molecular weight excluding hydrogens is 528 g/mol. The zero-order chi connectivity index (χ0) is 27.0. The fourth-order valence-corrected chi connectivity index (χ4v) is 4.59. The second-order valence-electron chi connectivity index (χ2n) is 7.93. The molecule has 0 saturated carbocycles. The van der Waals surface area contributed by atoms with E-state index in [1.807, 2.05) is 25.1 Å². The molecule has 2 N–H and O–H groups in total. The van der Waals surface area contributed by atoms with Crippen LogP contribution in [-0.4, -0.2) is 27.5 Å². The van der Waals surface area contributed by atoms with Crippen molar-refractivity contribution in [1.82, 2.24) is 0 Å². The van der Waals surface area contributed by atoms with E-state index in [1.165, 1.54) is 24.3 Å². The van der Waals surface area contributed by atoms with E-state index >= 15 is 0 Å². The zero-order valence-corrected chi connectivity index (χ0v) is 22.0. The van der Waals surface area contributed by atoms with Crippen molar-refractivity contribution in [3.05, 3.63) is 102 Å². The van der Waals surface area contributed by atoms with E-state index in [0.717, 1.165) is 0 Å². The summed E-state index contributed by atoms with van der Waals surface area (Å²) in [6, 6.07) is 26.4. The number of benzene rings is 4. The fraction of sp³-hybridized carbons (Fsp3) is 0.107. The highest BCUT2D eigenvalue weighted by molar-refractivity contribution is 7.92. The van der Waals surface area contributed by atoms with Gasteiger partial charge in [0, 0.05) is 10.7 Å². The molecule has 8 nitrogen and oxygen atoms in total. The van der Waals surface area contributed by atoms with Crippen LogP contribution in [0.25, 0.3) is 0 Å². The minimum atomic E-state index is -3.81. The first kappa shape index (κ1) is 26.8. The lowest BCUT2D eigenvalue weighted by Crippen LogP contribution is -2.20. The molecule has 4 aromatic carbocycles. The summed E-state index contributed by atoms with van der Waals surface area (Å²) in [5, 5.41) is 3.16. The van der Waals surface area contributed by atoms with Gasteiger partial charge in [-0.15, -0.1) is 0 Å². The lowest BCUT2D eigenvalue weighted by molar-refractivity contribution is -0.118. The highest BCUT2D eigenvalue weighted by Gasteiger charge is 2.15. The number of sulfonamides is 1. The molecule has 10 heteroatoms. The summed E-state index contributed by atoms with van der Waals surface area (Å²) in [4.78, 5) is 12.6. The van der Waals surface area contributed by atoms with Crippen LogP contribution in [0.2, 0.25) is 5.02 Å². The van der Waals surface area contributed by atoms with Crippen molar-refractivity contribution >= 4 is 38.9 Å². The smallest absolute Gasteiger partial charge is 0.262 e. The second-order valence-corrected chi connectivity index (χ2v) is 10.0. The highest BCUT2D eigenvalue weighted by atomic mass is 35.5. The lowest BCUT2D eigenvalue weighted by Gasteiger charge is -2.13. The third-order valence-electron chi connectivity index (χ3n) is 5.11. The molecule has 0 heterocycles. The van der Waals surface area contributed by atoms with E-state index in [2.05, 4.69) is 10.0 Å². The molecule has 38 heavy (non-hydrogen) atoms. The van der Waals surface area contributed by atoms with Crippen LogP contribution in [0.1, 0.15) is 6.92 Å². The number of rotatable bonds is 11. The quantitative estimate of drug-likeness (QED) is 0.225. The minimum absolute atomic E-state index is 0.0461. The van der Waals surface area contributed by atoms with Gasteiger partial charge in [-0.3, -0.25) is 9.52 Å². The molecule has 0 aromatic heterocycles. The Balaban J connectivity index is 1.34. The van der Waals surface area contributed by atoms with E-state index in [1.54, 1.807) is 54.6 Å². The molecule has 0 saturated heterocycles. The van der Waals surface area contributed by atoms with E-state index in [4.69, 9.17) is 25.8 Å².